The first-order chi connectivity index (χ1) is 25.7. The highest BCUT2D eigenvalue weighted by Crippen LogP contribution is 2.47. The van der Waals surface area contributed by atoms with Crippen molar-refractivity contribution >= 4 is 19.2 Å². The molecule has 0 radical (unpaired) electrons. The number of aromatic nitrogens is 4. The molecule has 0 aliphatic carbocycles. The first-order valence-electron chi connectivity index (χ1n) is 19.7. The van der Waals surface area contributed by atoms with Crippen molar-refractivity contribution in [1.29, 1.82) is 5.26 Å². The van der Waals surface area contributed by atoms with Crippen molar-refractivity contribution in [3.8, 4) is 11.8 Å². The minimum Gasteiger partial charge on any atom is -0.484 e. The van der Waals surface area contributed by atoms with Gasteiger partial charge >= 0.3 is 7.82 Å². The second-order valence-corrected chi connectivity index (χ2v) is 15.9. The van der Waals surface area contributed by atoms with Crippen LogP contribution >= 0.6 is 7.82 Å². The summed E-state index contributed by atoms with van der Waals surface area (Å²) in [5.74, 6) is 0.761. The molecule has 0 bridgehead atoms. The van der Waals surface area contributed by atoms with Crippen molar-refractivity contribution < 1.29 is 32.7 Å². The van der Waals surface area contributed by atoms with E-state index in [9.17, 15) is 9.46 Å². The van der Waals surface area contributed by atoms with Gasteiger partial charge in [-0.2, -0.15) is 10.4 Å². The van der Waals surface area contributed by atoms with Gasteiger partial charge in [0.2, 0.25) is 0 Å². The fraction of sp³-hybridized carbons (Fsp3) is 0.692. The number of rotatable bonds is 28. The predicted molar refractivity (Wildman–Crippen MR) is 204 cm³/mol. The predicted octanol–water partition coefficient (Wildman–Crippen LogP) is 9.05. The fourth-order valence-electron chi connectivity index (χ4n) is 6.65. The van der Waals surface area contributed by atoms with Crippen LogP contribution in [0.25, 0.3) is 5.52 Å². The molecule has 4 heterocycles. The molecule has 0 saturated carbocycles. The van der Waals surface area contributed by atoms with Crippen molar-refractivity contribution in [1.82, 2.24) is 19.6 Å². The van der Waals surface area contributed by atoms with E-state index in [4.69, 9.17) is 34.3 Å². The Morgan fingerprint density at radius 2 is 1.62 bits per heavy atom. The van der Waals surface area contributed by atoms with Gasteiger partial charge < -0.3 is 24.8 Å². The smallest absolute Gasteiger partial charge is 0.472 e. The molecule has 53 heavy (non-hydrogen) atoms. The minimum atomic E-state index is -4.48. The largest absolute Gasteiger partial charge is 0.484 e. The van der Waals surface area contributed by atoms with Gasteiger partial charge in [-0.05, 0) is 50.5 Å². The first-order valence-corrected chi connectivity index (χ1v) is 21.2. The Morgan fingerprint density at radius 3 is 2.25 bits per heavy atom. The molecule has 1 fully saturated rings. The van der Waals surface area contributed by atoms with Gasteiger partial charge in [-0.25, -0.2) is 19.0 Å². The molecular weight excluding hydrogens is 695 g/mol. The lowest BCUT2D eigenvalue weighted by Crippen LogP contribution is -2.31. The average molecular weight is 757 g/mol. The van der Waals surface area contributed by atoms with E-state index in [0.717, 1.165) is 18.5 Å². The average Bonchev–Trinajstić information content (AvgIpc) is 3.77. The van der Waals surface area contributed by atoms with Gasteiger partial charge in [0.05, 0.1) is 37.3 Å². The van der Waals surface area contributed by atoms with E-state index in [1.54, 1.807) is 16.6 Å². The lowest BCUT2D eigenvalue weighted by Gasteiger charge is -2.26. The molecule has 1 aliphatic heterocycles. The van der Waals surface area contributed by atoms with E-state index in [0.29, 0.717) is 36.5 Å². The second kappa shape index (κ2) is 23.0. The molecule has 1 aliphatic rings. The molecule has 0 amide bonds. The summed E-state index contributed by atoms with van der Waals surface area (Å²) in [5.41, 5.74) is 6.91. The van der Waals surface area contributed by atoms with Crippen molar-refractivity contribution in [2.45, 2.75) is 147 Å². The second-order valence-electron chi connectivity index (χ2n) is 14.4. The number of nitrogen functional groups attached to an aromatic ring is 1. The highest BCUT2D eigenvalue weighted by atomic mass is 31.2. The monoisotopic (exact) mass is 756 g/mol. The number of fused-ring (bicyclic) bond motifs is 1. The summed E-state index contributed by atoms with van der Waals surface area (Å²) in [6, 6.07) is 8.87. The molecular formula is C39H61N6O7P. The summed E-state index contributed by atoms with van der Waals surface area (Å²) < 4.78 is 43.7. The van der Waals surface area contributed by atoms with Gasteiger partial charge in [-0.1, -0.05) is 103 Å². The first kappa shape index (κ1) is 42.6. The summed E-state index contributed by atoms with van der Waals surface area (Å²) in [7, 11) is -4.48. The number of hydrogen-bond donors (Lipinski definition) is 2. The summed E-state index contributed by atoms with van der Waals surface area (Å²) in [4.78, 5) is 18.7. The zero-order chi connectivity index (χ0) is 37.8. The van der Waals surface area contributed by atoms with Crippen LogP contribution in [-0.2, 0) is 23.1 Å². The zero-order valence-electron chi connectivity index (χ0n) is 31.8. The molecule has 0 spiro atoms. The van der Waals surface area contributed by atoms with Gasteiger partial charge in [-0.15, -0.1) is 0 Å². The summed E-state index contributed by atoms with van der Waals surface area (Å²) in [5, 5.41) is 13.4. The van der Waals surface area contributed by atoms with E-state index in [1.165, 1.54) is 102 Å². The van der Waals surface area contributed by atoms with E-state index in [1.807, 2.05) is 25.1 Å². The molecule has 4 atom stereocenters. The van der Waals surface area contributed by atoms with Crippen LogP contribution in [0.4, 0.5) is 5.82 Å². The van der Waals surface area contributed by atoms with E-state index in [2.05, 4.69) is 22.0 Å². The molecule has 4 rings (SSSR count). The molecule has 1 unspecified atom stereocenters. The van der Waals surface area contributed by atoms with Crippen LogP contribution in [0.15, 0.2) is 36.8 Å². The van der Waals surface area contributed by atoms with Crippen LogP contribution in [0.5, 0.6) is 5.75 Å². The quantitative estimate of drug-likeness (QED) is 0.0532. The van der Waals surface area contributed by atoms with E-state index >= 15 is 0 Å². The van der Waals surface area contributed by atoms with Crippen molar-refractivity contribution in [3.63, 3.8) is 0 Å². The highest BCUT2D eigenvalue weighted by molar-refractivity contribution is 7.47. The number of nitrogens with two attached hydrogens (primary N) is 1. The Hall–Kier alpha value is -3.11. The van der Waals surface area contributed by atoms with Crippen molar-refractivity contribution in [2.75, 3.05) is 32.2 Å². The number of nitriles is 1. The number of unbranched alkanes of at least 4 members (excludes halogenated alkanes) is 15. The standard InChI is InChI=1S/C39H61N6O7P/c1-3-4-5-6-7-8-9-10-11-12-13-14-15-16-17-18-25-48-28-34(51-33-20-19-32(26-40)42-27-33)29-49-53(46,47)50-30-39(2)24-23-37(52-39)35-21-22-36-38(41)43-31-44-45(35)36/h19-22,27,31,34,37H,3-18,23-25,28-30H2,1-2H3,(H,46,47)(H2,41,43,44)/t34-,37+,39-/m0/s1. The lowest BCUT2D eigenvalue weighted by atomic mass is 10.0. The minimum absolute atomic E-state index is 0.139. The number of phosphoric acid groups is 1. The van der Waals surface area contributed by atoms with Crippen molar-refractivity contribution in [3.05, 3.63) is 48.2 Å². The highest BCUT2D eigenvalue weighted by Gasteiger charge is 2.40. The number of pyridine rings is 1. The third-order valence-corrected chi connectivity index (χ3v) is 10.7. The van der Waals surface area contributed by atoms with Gasteiger partial charge in [0.15, 0.2) is 5.82 Å². The van der Waals surface area contributed by atoms with Crippen LogP contribution in [0.1, 0.15) is 147 Å². The maximum absolute atomic E-state index is 13.0. The molecule has 294 valence electrons. The molecule has 14 heteroatoms. The van der Waals surface area contributed by atoms with Gasteiger partial charge in [0, 0.05) is 6.61 Å². The Bertz CT molecular complexity index is 1570. The van der Waals surface area contributed by atoms with Crippen LogP contribution in [0.3, 0.4) is 0 Å². The number of ether oxygens (including phenoxy) is 3. The summed E-state index contributed by atoms with van der Waals surface area (Å²) >= 11 is 0. The normalized spacial score (nSPS) is 18.9. The number of phosphoric ester groups is 1. The van der Waals surface area contributed by atoms with Gasteiger partial charge in [0.1, 0.15) is 41.6 Å². The number of anilines is 1. The van der Waals surface area contributed by atoms with Crippen molar-refractivity contribution in [2.24, 2.45) is 0 Å². The number of nitrogens with zero attached hydrogens (tertiary/aromatic N) is 5. The third kappa shape index (κ3) is 15.3. The van der Waals surface area contributed by atoms with Crippen LogP contribution < -0.4 is 10.5 Å². The van der Waals surface area contributed by atoms with Crippen LogP contribution in [0, 0.1) is 11.3 Å². The summed E-state index contributed by atoms with van der Waals surface area (Å²) in [6.07, 6.45) is 23.9. The van der Waals surface area contributed by atoms with Crippen LogP contribution in [-0.4, -0.2) is 62.6 Å². The molecule has 1 saturated heterocycles. The van der Waals surface area contributed by atoms with Crippen LogP contribution in [0.2, 0.25) is 0 Å². The SMILES string of the molecule is CCCCCCCCCCCCCCCCCCOC[C@@H](COP(=O)(O)OC[C@]1(C)CC[C@H](c2ccc3c(N)ncnn23)O1)Oc1ccc(C#N)nc1. The molecule has 0 aromatic carbocycles. The Kier molecular flexibility index (Phi) is 18.5. The van der Waals surface area contributed by atoms with Gasteiger partial charge in [-0.3, -0.25) is 9.05 Å². The van der Waals surface area contributed by atoms with E-state index < -0.39 is 19.5 Å². The molecule has 13 nitrogen and oxygen atoms in total. The Balaban J connectivity index is 1.12. The summed E-state index contributed by atoms with van der Waals surface area (Å²) in [6.45, 7) is 4.37. The Labute approximate surface area is 315 Å². The lowest BCUT2D eigenvalue weighted by molar-refractivity contribution is -0.0652. The topological polar surface area (TPSA) is 176 Å². The van der Waals surface area contributed by atoms with Gasteiger partial charge in [0.25, 0.3) is 0 Å². The zero-order valence-corrected chi connectivity index (χ0v) is 32.7. The molecule has 3 aromatic heterocycles. The molecule has 3 N–H and O–H groups in total. The maximum atomic E-state index is 13.0. The maximum Gasteiger partial charge on any atom is 0.472 e. The third-order valence-electron chi connectivity index (χ3n) is 9.76. The Morgan fingerprint density at radius 1 is 0.962 bits per heavy atom. The fourth-order valence-corrected chi connectivity index (χ4v) is 7.52. The number of hydrogen-bond acceptors (Lipinski definition) is 11. The van der Waals surface area contributed by atoms with E-state index in [-0.39, 0.29) is 31.6 Å². The molecule has 3 aromatic rings.